The van der Waals surface area contributed by atoms with Gasteiger partial charge in [0.15, 0.2) is 0 Å². The van der Waals surface area contributed by atoms with Crippen LogP contribution in [0, 0.1) is 0 Å². The van der Waals surface area contributed by atoms with E-state index in [-0.39, 0.29) is 5.91 Å². The molecule has 1 amide bonds. The molecule has 0 saturated carbocycles. The van der Waals surface area contributed by atoms with Crippen LogP contribution in [-0.4, -0.2) is 13.0 Å². The predicted octanol–water partition coefficient (Wildman–Crippen LogP) is 2.35. The van der Waals surface area contributed by atoms with Gasteiger partial charge in [-0.05, 0) is 12.1 Å². The van der Waals surface area contributed by atoms with Crippen LogP contribution in [-0.2, 0) is 0 Å². The highest BCUT2D eigenvalue weighted by Crippen LogP contribution is 2.25. The van der Waals surface area contributed by atoms with Gasteiger partial charge >= 0.3 is 0 Å². The summed E-state index contributed by atoms with van der Waals surface area (Å²) in [5.74, 6) is -0.234. The molecule has 0 aliphatic rings. The summed E-state index contributed by atoms with van der Waals surface area (Å²) in [6, 6.07) is 4.93. The highest BCUT2D eigenvalue weighted by molar-refractivity contribution is 6.43. The van der Waals surface area contributed by atoms with Crippen molar-refractivity contribution in [2.45, 2.75) is 0 Å². The maximum absolute atomic E-state index is 11.1. The largest absolute Gasteiger partial charge is 0.355 e. The van der Waals surface area contributed by atoms with Gasteiger partial charge in [-0.3, -0.25) is 4.79 Å². The molecule has 0 aliphatic carbocycles. The molecule has 1 aromatic carbocycles. The third kappa shape index (κ3) is 1.71. The first-order valence-electron chi connectivity index (χ1n) is 3.33. The van der Waals surface area contributed by atoms with Crippen molar-refractivity contribution in [2.75, 3.05) is 7.05 Å². The van der Waals surface area contributed by atoms with E-state index in [1.54, 1.807) is 25.2 Å². The Labute approximate surface area is 80.5 Å². The Morgan fingerprint density at radius 2 is 2.08 bits per heavy atom. The Hall–Kier alpha value is -0.730. The van der Waals surface area contributed by atoms with Crippen LogP contribution >= 0.6 is 23.2 Å². The summed E-state index contributed by atoms with van der Waals surface area (Å²) < 4.78 is 0. The quantitative estimate of drug-likeness (QED) is 0.747. The number of amides is 1. The van der Waals surface area contributed by atoms with Gasteiger partial charge in [0.1, 0.15) is 0 Å². The fourth-order valence-corrected chi connectivity index (χ4v) is 1.20. The fraction of sp³-hybridized carbons (Fsp3) is 0.125. The molecule has 0 fully saturated rings. The number of nitrogens with one attached hydrogen (secondary N) is 1. The van der Waals surface area contributed by atoms with Gasteiger partial charge in [0.2, 0.25) is 0 Å². The summed E-state index contributed by atoms with van der Waals surface area (Å²) in [5, 5.41) is 3.14. The molecule has 0 saturated heterocycles. The number of benzene rings is 1. The van der Waals surface area contributed by atoms with Crippen LogP contribution in [0.1, 0.15) is 10.4 Å². The molecule has 0 heterocycles. The Morgan fingerprint density at radius 3 is 2.67 bits per heavy atom. The molecule has 1 aromatic rings. The molecule has 2 nitrogen and oxygen atoms in total. The molecule has 12 heavy (non-hydrogen) atoms. The number of halogens is 2. The summed E-state index contributed by atoms with van der Waals surface area (Å²) in [6.07, 6.45) is 0. The highest BCUT2D eigenvalue weighted by Gasteiger charge is 2.09. The van der Waals surface area contributed by atoms with E-state index in [9.17, 15) is 4.79 Å². The Morgan fingerprint density at radius 1 is 1.42 bits per heavy atom. The van der Waals surface area contributed by atoms with Gasteiger partial charge in [0.05, 0.1) is 15.6 Å². The monoisotopic (exact) mass is 203 g/mol. The smallest absolute Gasteiger partial charge is 0.252 e. The zero-order chi connectivity index (χ0) is 9.14. The normalized spacial score (nSPS) is 9.58. The molecule has 1 N–H and O–H groups in total. The Kier molecular flexibility index (Phi) is 2.95. The van der Waals surface area contributed by atoms with Crippen molar-refractivity contribution < 1.29 is 4.79 Å². The van der Waals surface area contributed by atoms with Crippen LogP contribution in [0.2, 0.25) is 10.0 Å². The fourth-order valence-electron chi connectivity index (χ4n) is 0.814. The zero-order valence-corrected chi connectivity index (χ0v) is 7.91. The number of hydrogen-bond acceptors (Lipinski definition) is 1. The first-order valence-corrected chi connectivity index (χ1v) is 4.08. The molecule has 1 rings (SSSR count). The standard InChI is InChI=1S/C8H7Cl2NO/c1-11-8(12)5-3-2-4-6(9)7(5)10/h2-4H,1H3,(H,11,12). The minimum atomic E-state index is -0.234. The second-order valence-electron chi connectivity index (χ2n) is 2.18. The molecule has 0 atom stereocenters. The molecular weight excluding hydrogens is 197 g/mol. The van der Waals surface area contributed by atoms with Crippen molar-refractivity contribution in [3.63, 3.8) is 0 Å². The van der Waals surface area contributed by atoms with Gasteiger partial charge in [0.25, 0.3) is 5.91 Å². The maximum Gasteiger partial charge on any atom is 0.252 e. The van der Waals surface area contributed by atoms with Gasteiger partial charge in [0, 0.05) is 7.05 Å². The molecule has 0 spiro atoms. The van der Waals surface area contributed by atoms with Crippen LogP contribution in [0.4, 0.5) is 0 Å². The minimum absolute atomic E-state index is 0.234. The second kappa shape index (κ2) is 3.78. The van der Waals surface area contributed by atoms with Crippen molar-refractivity contribution in [1.82, 2.24) is 5.32 Å². The number of carbonyl (C=O) groups excluding carboxylic acids is 1. The van der Waals surface area contributed by atoms with Crippen LogP contribution in [0.3, 0.4) is 0 Å². The molecule has 0 radical (unpaired) electrons. The summed E-state index contributed by atoms with van der Waals surface area (Å²) in [4.78, 5) is 11.1. The molecule has 64 valence electrons. The SMILES string of the molecule is CNC(=O)c1cccc(Cl)c1Cl. The van der Waals surface area contributed by atoms with E-state index in [0.29, 0.717) is 15.6 Å². The van der Waals surface area contributed by atoms with Gasteiger partial charge in [-0.2, -0.15) is 0 Å². The van der Waals surface area contributed by atoms with Crippen molar-refractivity contribution in [3.05, 3.63) is 33.8 Å². The lowest BCUT2D eigenvalue weighted by Gasteiger charge is -2.02. The second-order valence-corrected chi connectivity index (χ2v) is 2.97. The van der Waals surface area contributed by atoms with E-state index >= 15 is 0 Å². The van der Waals surface area contributed by atoms with Gasteiger partial charge in [-0.15, -0.1) is 0 Å². The summed E-state index contributed by atoms with van der Waals surface area (Å²) in [5.41, 5.74) is 0.395. The Bertz CT molecular complexity index is 312. The lowest BCUT2D eigenvalue weighted by atomic mass is 10.2. The lowest BCUT2D eigenvalue weighted by Crippen LogP contribution is -2.18. The molecule has 0 aromatic heterocycles. The van der Waals surface area contributed by atoms with Gasteiger partial charge in [-0.1, -0.05) is 29.3 Å². The van der Waals surface area contributed by atoms with Crippen molar-refractivity contribution in [1.29, 1.82) is 0 Å². The van der Waals surface area contributed by atoms with E-state index in [4.69, 9.17) is 23.2 Å². The minimum Gasteiger partial charge on any atom is -0.355 e. The molecule has 0 aliphatic heterocycles. The lowest BCUT2D eigenvalue weighted by molar-refractivity contribution is 0.0963. The van der Waals surface area contributed by atoms with Crippen molar-refractivity contribution >= 4 is 29.1 Å². The third-order valence-corrected chi connectivity index (χ3v) is 2.24. The van der Waals surface area contributed by atoms with Crippen LogP contribution in [0.25, 0.3) is 0 Å². The predicted molar refractivity (Wildman–Crippen MR) is 49.9 cm³/mol. The summed E-state index contributed by atoms with van der Waals surface area (Å²) in [6.45, 7) is 0. The van der Waals surface area contributed by atoms with Crippen LogP contribution < -0.4 is 5.32 Å². The average molecular weight is 204 g/mol. The van der Waals surface area contributed by atoms with E-state index in [0.717, 1.165) is 0 Å². The maximum atomic E-state index is 11.1. The Balaban J connectivity index is 3.16. The highest BCUT2D eigenvalue weighted by atomic mass is 35.5. The molecule has 4 heteroatoms. The first kappa shape index (κ1) is 9.36. The molecular formula is C8H7Cl2NO. The summed E-state index contributed by atoms with van der Waals surface area (Å²) >= 11 is 11.5. The number of carbonyl (C=O) groups is 1. The van der Waals surface area contributed by atoms with E-state index in [1.807, 2.05) is 0 Å². The number of hydrogen-bond donors (Lipinski definition) is 1. The van der Waals surface area contributed by atoms with E-state index in [1.165, 1.54) is 0 Å². The van der Waals surface area contributed by atoms with E-state index in [2.05, 4.69) is 5.32 Å². The van der Waals surface area contributed by atoms with Gasteiger partial charge in [-0.25, -0.2) is 0 Å². The molecule has 0 unspecified atom stereocenters. The average Bonchev–Trinajstić information content (AvgIpc) is 2.08. The van der Waals surface area contributed by atoms with Gasteiger partial charge < -0.3 is 5.32 Å². The van der Waals surface area contributed by atoms with Crippen molar-refractivity contribution in [3.8, 4) is 0 Å². The van der Waals surface area contributed by atoms with Crippen LogP contribution in [0.5, 0.6) is 0 Å². The number of rotatable bonds is 1. The topological polar surface area (TPSA) is 29.1 Å². The van der Waals surface area contributed by atoms with Crippen molar-refractivity contribution in [2.24, 2.45) is 0 Å². The third-order valence-electron chi connectivity index (χ3n) is 1.42. The van der Waals surface area contributed by atoms with E-state index < -0.39 is 0 Å². The summed E-state index contributed by atoms with van der Waals surface area (Å²) in [7, 11) is 1.54. The van der Waals surface area contributed by atoms with Crippen LogP contribution in [0.15, 0.2) is 18.2 Å². The first-order chi connectivity index (χ1) is 5.66. The zero-order valence-electron chi connectivity index (χ0n) is 6.40. The molecule has 0 bridgehead atoms.